The lowest BCUT2D eigenvalue weighted by atomic mass is 9.92. The van der Waals surface area contributed by atoms with Crippen molar-refractivity contribution in [3.63, 3.8) is 0 Å². The maximum absolute atomic E-state index is 12.7. The molecule has 0 radical (unpaired) electrons. The topological polar surface area (TPSA) is 110 Å². The second kappa shape index (κ2) is 9.83. The van der Waals surface area contributed by atoms with Crippen molar-refractivity contribution in [3.05, 3.63) is 40.4 Å². The number of anilines is 1. The number of benzene rings is 1. The highest BCUT2D eigenvalue weighted by Crippen LogP contribution is 2.34. The normalized spacial score (nSPS) is 19.2. The van der Waals surface area contributed by atoms with E-state index < -0.39 is 15.7 Å². The first-order valence-electron chi connectivity index (χ1n) is 9.97. The zero-order valence-corrected chi connectivity index (χ0v) is 19.3. The number of amides is 2. The maximum atomic E-state index is 12.7. The number of rotatable bonds is 8. The molecule has 1 aliphatic carbocycles. The molecule has 0 bridgehead atoms. The number of nitrogens with zero attached hydrogens (tertiary/aromatic N) is 1. The zero-order chi connectivity index (χ0) is 22.6. The van der Waals surface area contributed by atoms with Crippen molar-refractivity contribution in [2.75, 3.05) is 24.2 Å². The number of halogens is 1. The van der Waals surface area contributed by atoms with E-state index >= 15 is 0 Å². The standard InChI is InChI=1S/C21H30ClN3O4S/c1-5-25(16-6-8-17(9-7-16)30(4,28)29)19-11-15(22)10-18(14(19)3)21(27)24-12-13(2)20(23)26/h10-11,16-17H,2,5-9,12H2,1,3-4H3,(H2,23,26)(H,24,27). The molecule has 0 aliphatic heterocycles. The summed E-state index contributed by atoms with van der Waals surface area (Å²) < 4.78 is 23.7. The lowest BCUT2D eigenvalue weighted by Crippen LogP contribution is -2.41. The summed E-state index contributed by atoms with van der Waals surface area (Å²) in [5, 5.41) is 2.79. The minimum atomic E-state index is -3.03. The lowest BCUT2D eigenvalue weighted by Gasteiger charge is -2.38. The smallest absolute Gasteiger partial charge is 0.251 e. The molecule has 30 heavy (non-hydrogen) atoms. The van der Waals surface area contributed by atoms with Crippen LogP contribution in [-0.2, 0) is 14.6 Å². The highest BCUT2D eigenvalue weighted by molar-refractivity contribution is 7.91. The third-order valence-corrected chi connectivity index (χ3v) is 7.64. The van der Waals surface area contributed by atoms with Gasteiger partial charge in [-0.3, -0.25) is 9.59 Å². The summed E-state index contributed by atoms with van der Waals surface area (Å²) in [5.74, 6) is -1.03. The fourth-order valence-electron chi connectivity index (χ4n) is 3.98. The van der Waals surface area contributed by atoms with Gasteiger partial charge in [0.05, 0.1) is 5.25 Å². The SMILES string of the molecule is C=C(CNC(=O)c1cc(Cl)cc(N(CC)C2CCC(S(C)(=O)=O)CC2)c1C)C(N)=O. The van der Waals surface area contributed by atoms with Crippen LogP contribution in [0.2, 0.25) is 5.02 Å². The summed E-state index contributed by atoms with van der Waals surface area (Å²) in [4.78, 5) is 26.0. The van der Waals surface area contributed by atoms with Crippen LogP contribution in [0.5, 0.6) is 0 Å². The van der Waals surface area contributed by atoms with Gasteiger partial charge in [-0.2, -0.15) is 0 Å². The Bertz CT molecular complexity index is 938. The molecule has 9 heteroatoms. The zero-order valence-electron chi connectivity index (χ0n) is 17.7. The van der Waals surface area contributed by atoms with Crippen molar-refractivity contribution in [3.8, 4) is 0 Å². The molecule has 166 valence electrons. The monoisotopic (exact) mass is 455 g/mol. The summed E-state index contributed by atoms with van der Waals surface area (Å²) in [6.07, 6.45) is 4.08. The van der Waals surface area contributed by atoms with Crippen LogP contribution >= 0.6 is 11.6 Å². The Labute approximate surface area is 183 Å². The van der Waals surface area contributed by atoms with Crippen molar-refractivity contribution < 1.29 is 18.0 Å². The summed E-state index contributed by atoms with van der Waals surface area (Å²) >= 11 is 6.32. The third kappa shape index (κ3) is 5.76. The molecule has 7 nitrogen and oxygen atoms in total. The number of hydrogen-bond donors (Lipinski definition) is 2. The first-order chi connectivity index (χ1) is 14.0. The molecule has 2 rings (SSSR count). The van der Waals surface area contributed by atoms with E-state index in [4.69, 9.17) is 17.3 Å². The number of nitrogens with two attached hydrogens (primary N) is 1. The van der Waals surface area contributed by atoms with Crippen molar-refractivity contribution in [2.45, 2.75) is 50.8 Å². The van der Waals surface area contributed by atoms with Gasteiger partial charge in [-0.05, 0) is 57.2 Å². The van der Waals surface area contributed by atoms with Crippen LogP contribution in [-0.4, -0.2) is 50.9 Å². The van der Waals surface area contributed by atoms with E-state index in [1.807, 2.05) is 19.9 Å². The molecule has 0 atom stereocenters. The second-order valence-electron chi connectivity index (χ2n) is 7.79. The maximum Gasteiger partial charge on any atom is 0.251 e. The van der Waals surface area contributed by atoms with Gasteiger partial charge in [0.25, 0.3) is 5.91 Å². The molecule has 0 heterocycles. The number of carbonyl (C=O) groups is 2. The van der Waals surface area contributed by atoms with Crippen molar-refractivity contribution in [1.29, 1.82) is 0 Å². The van der Waals surface area contributed by atoms with Crippen molar-refractivity contribution in [2.24, 2.45) is 5.73 Å². The Balaban J connectivity index is 2.25. The van der Waals surface area contributed by atoms with Crippen LogP contribution in [0.3, 0.4) is 0 Å². The van der Waals surface area contributed by atoms with E-state index in [2.05, 4.69) is 16.8 Å². The first kappa shape index (κ1) is 24.2. The molecular formula is C21H30ClN3O4S. The quantitative estimate of drug-likeness (QED) is 0.585. The van der Waals surface area contributed by atoms with Crippen LogP contribution < -0.4 is 16.0 Å². The largest absolute Gasteiger partial charge is 0.369 e. The molecule has 1 saturated carbocycles. The molecule has 0 aromatic heterocycles. The number of primary amides is 1. The summed E-state index contributed by atoms with van der Waals surface area (Å²) in [6.45, 7) is 8.08. The molecule has 0 saturated heterocycles. The van der Waals surface area contributed by atoms with Gasteiger partial charge in [-0.1, -0.05) is 18.2 Å². The van der Waals surface area contributed by atoms with Gasteiger partial charge in [-0.25, -0.2) is 8.42 Å². The van der Waals surface area contributed by atoms with Gasteiger partial charge in [0.1, 0.15) is 9.84 Å². The lowest BCUT2D eigenvalue weighted by molar-refractivity contribution is -0.114. The highest BCUT2D eigenvalue weighted by Gasteiger charge is 2.31. The summed E-state index contributed by atoms with van der Waals surface area (Å²) in [5.41, 5.74) is 7.31. The van der Waals surface area contributed by atoms with Gasteiger partial charge in [0.2, 0.25) is 5.91 Å². The number of nitrogens with one attached hydrogen (secondary N) is 1. The van der Waals surface area contributed by atoms with E-state index in [1.165, 1.54) is 6.26 Å². The minimum absolute atomic E-state index is 0.0392. The molecule has 0 unspecified atom stereocenters. The van der Waals surface area contributed by atoms with Crippen LogP contribution in [0.1, 0.15) is 48.5 Å². The second-order valence-corrected chi connectivity index (χ2v) is 10.6. The summed E-state index contributed by atoms with van der Waals surface area (Å²) in [6, 6.07) is 3.61. The average molecular weight is 456 g/mol. The van der Waals surface area contributed by atoms with Gasteiger partial charge in [0, 0.05) is 47.2 Å². The number of hydrogen-bond acceptors (Lipinski definition) is 5. The molecule has 1 aliphatic rings. The third-order valence-electron chi connectivity index (χ3n) is 5.74. The molecule has 0 spiro atoms. The summed E-state index contributed by atoms with van der Waals surface area (Å²) in [7, 11) is -3.03. The van der Waals surface area contributed by atoms with Crippen LogP contribution in [0, 0.1) is 6.92 Å². The first-order valence-corrected chi connectivity index (χ1v) is 12.3. The Hall–Kier alpha value is -2.06. The van der Waals surface area contributed by atoms with Crippen LogP contribution in [0.4, 0.5) is 5.69 Å². The van der Waals surface area contributed by atoms with Crippen molar-refractivity contribution >= 4 is 38.9 Å². The van der Waals surface area contributed by atoms with Gasteiger partial charge < -0.3 is 16.0 Å². The van der Waals surface area contributed by atoms with E-state index in [0.717, 1.165) is 24.1 Å². The Morgan fingerprint density at radius 1 is 1.27 bits per heavy atom. The van der Waals surface area contributed by atoms with E-state index in [9.17, 15) is 18.0 Å². The predicted molar refractivity (Wildman–Crippen MR) is 121 cm³/mol. The molecule has 2 amide bonds. The average Bonchev–Trinajstić information content (AvgIpc) is 2.68. The number of carbonyl (C=O) groups excluding carboxylic acids is 2. The van der Waals surface area contributed by atoms with Crippen molar-refractivity contribution in [1.82, 2.24) is 5.32 Å². The molecular weight excluding hydrogens is 426 g/mol. The van der Waals surface area contributed by atoms with Crippen LogP contribution in [0.25, 0.3) is 0 Å². The Morgan fingerprint density at radius 2 is 1.87 bits per heavy atom. The highest BCUT2D eigenvalue weighted by atomic mass is 35.5. The van der Waals surface area contributed by atoms with Gasteiger partial charge in [0.15, 0.2) is 0 Å². The fraction of sp³-hybridized carbons (Fsp3) is 0.524. The molecule has 1 aromatic carbocycles. The van der Waals surface area contributed by atoms with E-state index in [1.54, 1.807) is 6.07 Å². The van der Waals surface area contributed by atoms with Gasteiger partial charge >= 0.3 is 0 Å². The van der Waals surface area contributed by atoms with E-state index in [-0.39, 0.29) is 29.3 Å². The minimum Gasteiger partial charge on any atom is -0.369 e. The molecule has 3 N–H and O–H groups in total. The molecule has 1 aromatic rings. The van der Waals surface area contributed by atoms with Crippen LogP contribution in [0.15, 0.2) is 24.3 Å². The molecule has 1 fully saturated rings. The fourth-order valence-corrected chi connectivity index (χ4v) is 5.32. The Kier molecular flexibility index (Phi) is 7.93. The van der Waals surface area contributed by atoms with E-state index in [0.29, 0.717) is 30.0 Å². The van der Waals surface area contributed by atoms with Gasteiger partial charge in [-0.15, -0.1) is 0 Å². The Morgan fingerprint density at radius 3 is 2.37 bits per heavy atom. The predicted octanol–water partition coefficient (Wildman–Crippen LogP) is 2.60. The number of sulfone groups is 1.